The van der Waals surface area contributed by atoms with Gasteiger partial charge in [0.05, 0.1) is 6.04 Å². The molecule has 0 radical (unpaired) electrons. The zero-order valence-electron chi connectivity index (χ0n) is 17.6. The van der Waals surface area contributed by atoms with Crippen molar-refractivity contribution in [3.05, 3.63) is 107 Å². The van der Waals surface area contributed by atoms with E-state index >= 15 is 0 Å². The van der Waals surface area contributed by atoms with Gasteiger partial charge < -0.3 is 14.4 Å². The molecule has 0 saturated heterocycles. The molecule has 2 atom stereocenters. The van der Waals surface area contributed by atoms with Crippen molar-refractivity contribution < 1.29 is 27.5 Å². The van der Waals surface area contributed by atoms with E-state index in [1.54, 1.807) is 36.4 Å². The van der Waals surface area contributed by atoms with Crippen LogP contribution in [0.2, 0.25) is 0 Å². The Morgan fingerprint density at radius 2 is 1.68 bits per heavy atom. The summed E-state index contributed by atoms with van der Waals surface area (Å²) in [6.45, 7) is 0.201. The van der Waals surface area contributed by atoms with E-state index in [-0.39, 0.29) is 18.3 Å². The third-order valence-corrected chi connectivity index (χ3v) is 5.80. The van der Waals surface area contributed by atoms with Crippen LogP contribution in [-0.4, -0.2) is 26.1 Å². The summed E-state index contributed by atoms with van der Waals surface area (Å²) in [4.78, 5) is 15.0. The number of halogens is 3. The molecular weight excluding hydrogens is 447 g/mol. The van der Waals surface area contributed by atoms with Crippen molar-refractivity contribution in [3.8, 4) is 11.5 Å². The summed E-state index contributed by atoms with van der Waals surface area (Å²) in [5, 5.41) is 18.2. The average molecular weight is 465 g/mol. The van der Waals surface area contributed by atoms with E-state index in [4.69, 9.17) is 4.42 Å². The summed E-state index contributed by atoms with van der Waals surface area (Å²) in [7, 11) is 0. The predicted molar refractivity (Wildman–Crippen MR) is 115 cm³/mol. The fourth-order valence-corrected chi connectivity index (χ4v) is 4.15. The molecule has 34 heavy (non-hydrogen) atoms. The van der Waals surface area contributed by atoms with Crippen LogP contribution >= 0.6 is 0 Å². The lowest BCUT2D eigenvalue weighted by Gasteiger charge is -2.32. The number of amides is 1. The molecule has 6 nitrogen and oxygen atoms in total. The zero-order valence-corrected chi connectivity index (χ0v) is 17.6. The number of aliphatic hydroxyl groups is 1. The first kappa shape index (κ1) is 21.8. The maximum atomic E-state index is 13.6. The summed E-state index contributed by atoms with van der Waals surface area (Å²) in [6.07, 6.45) is -3.97. The fraction of sp³-hybridized carbons (Fsp3) is 0.160. The van der Waals surface area contributed by atoms with Gasteiger partial charge in [0.15, 0.2) is 0 Å². The number of aliphatic hydroxyl groups excluding tert-OH is 1. The number of benzene rings is 3. The highest BCUT2D eigenvalue weighted by Gasteiger charge is 2.38. The quantitative estimate of drug-likeness (QED) is 0.421. The molecule has 1 amide bonds. The van der Waals surface area contributed by atoms with Gasteiger partial charge in [-0.15, -0.1) is 10.2 Å². The SMILES string of the molecule is O=C1c2cc(-c3nnc(C(F)F)o3)ccc2CN1[C@H](c1ccc(F)cc1)C(O)c1ccccc1. The molecule has 0 saturated carbocycles. The van der Waals surface area contributed by atoms with Crippen molar-refractivity contribution in [3.63, 3.8) is 0 Å². The number of hydrogen-bond donors (Lipinski definition) is 1. The molecule has 172 valence electrons. The summed E-state index contributed by atoms with van der Waals surface area (Å²) >= 11 is 0. The molecule has 0 bridgehead atoms. The number of aromatic nitrogens is 2. The lowest BCUT2D eigenvalue weighted by Crippen LogP contribution is -2.33. The highest BCUT2D eigenvalue weighted by Crippen LogP contribution is 2.40. The summed E-state index contributed by atoms with van der Waals surface area (Å²) in [6, 6.07) is 18.5. The lowest BCUT2D eigenvalue weighted by atomic mass is 9.94. The number of carbonyl (C=O) groups is 1. The van der Waals surface area contributed by atoms with E-state index in [1.165, 1.54) is 35.2 Å². The maximum Gasteiger partial charge on any atom is 0.314 e. The number of hydrogen-bond acceptors (Lipinski definition) is 5. The highest BCUT2D eigenvalue weighted by atomic mass is 19.3. The molecule has 5 rings (SSSR count). The molecule has 0 fully saturated rings. The van der Waals surface area contributed by atoms with Crippen LogP contribution in [0, 0.1) is 5.82 Å². The van der Waals surface area contributed by atoms with Gasteiger partial charge in [-0.1, -0.05) is 48.5 Å². The molecule has 1 unspecified atom stereocenters. The predicted octanol–water partition coefficient (Wildman–Crippen LogP) is 5.24. The Bertz CT molecular complexity index is 1330. The van der Waals surface area contributed by atoms with Gasteiger partial charge in [0.25, 0.3) is 11.8 Å². The normalized spacial score (nSPS) is 15.0. The highest BCUT2D eigenvalue weighted by molar-refractivity contribution is 5.99. The van der Waals surface area contributed by atoms with Crippen LogP contribution < -0.4 is 0 Å². The van der Waals surface area contributed by atoms with Crippen molar-refractivity contribution in [1.82, 2.24) is 15.1 Å². The molecule has 1 aliphatic rings. The Labute approximate surface area is 192 Å². The van der Waals surface area contributed by atoms with Crippen LogP contribution in [0.3, 0.4) is 0 Å². The second-order valence-electron chi connectivity index (χ2n) is 7.90. The molecule has 0 spiro atoms. The van der Waals surface area contributed by atoms with Gasteiger partial charge in [0.2, 0.25) is 5.89 Å². The fourth-order valence-electron chi connectivity index (χ4n) is 4.15. The van der Waals surface area contributed by atoms with E-state index in [0.717, 1.165) is 0 Å². The smallest absolute Gasteiger partial charge is 0.314 e. The Kier molecular flexibility index (Phi) is 5.62. The monoisotopic (exact) mass is 465 g/mol. The van der Waals surface area contributed by atoms with Crippen molar-refractivity contribution in [1.29, 1.82) is 0 Å². The molecule has 0 aliphatic carbocycles. The zero-order chi connectivity index (χ0) is 23.8. The van der Waals surface area contributed by atoms with Gasteiger partial charge in [-0.05, 0) is 41.0 Å². The van der Waals surface area contributed by atoms with Gasteiger partial charge in [0.1, 0.15) is 11.9 Å². The molecule has 2 heterocycles. The van der Waals surface area contributed by atoms with Gasteiger partial charge in [-0.3, -0.25) is 4.79 Å². The van der Waals surface area contributed by atoms with Gasteiger partial charge in [-0.2, -0.15) is 8.78 Å². The third-order valence-electron chi connectivity index (χ3n) is 5.80. The van der Waals surface area contributed by atoms with Crippen LogP contribution in [0.5, 0.6) is 0 Å². The second kappa shape index (κ2) is 8.75. The Hall–Kier alpha value is -3.98. The van der Waals surface area contributed by atoms with E-state index in [2.05, 4.69) is 10.2 Å². The van der Waals surface area contributed by atoms with Gasteiger partial charge in [-0.25, -0.2) is 4.39 Å². The maximum absolute atomic E-state index is 13.6. The number of carbonyl (C=O) groups excluding carboxylic acids is 1. The van der Waals surface area contributed by atoms with Crippen molar-refractivity contribution >= 4 is 5.91 Å². The van der Waals surface area contributed by atoms with E-state index in [9.17, 15) is 23.1 Å². The number of alkyl halides is 2. The minimum Gasteiger partial charge on any atom is -0.415 e. The van der Waals surface area contributed by atoms with Crippen molar-refractivity contribution in [2.45, 2.75) is 25.1 Å². The molecule has 1 aromatic heterocycles. The summed E-state index contributed by atoms with van der Waals surface area (Å²) in [5.74, 6) is -1.72. The summed E-state index contributed by atoms with van der Waals surface area (Å²) < 4.78 is 44.2. The molecule has 3 aromatic carbocycles. The second-order valence-corrected chi connectivity index (χ2v) is 7.90. The largest absolute Gasteiger partial charge is 0.415 e. The molecule has 1 aliphatic heterocycles. The Morgan fingerprint density at radius 3 is 2.35 bits per heavy atom. The van der Waals surface area contributed by atoms with E-state index < -0.39 is 30.3 Å². The number of rotatable bonds is 6. The molecule has 1 N–H and O–H groups in total. The third kappa shape index (κ3) is 3.94. The van der Waals surface area contributed by atoms with Crippen LogP contribution in [0.4, 0.5) is 13.2 Å². The Morgan fingerprint density at radius 1 is 0.941 bits per heavy atom. The van der Waals surface area contributed by atoms with Gasteiger partial charge >= 0.3 is 6.43 Å². The van der Waals surface area contributed by atoms with Gasteiger partial charge in [0, 0.05) is 17.7 Å². The topological polar surface area (TPSA) is 79.5 Å². The molecule has 4 aromatic rings. The first-order chi connectivity index (χ1) is 16.4. The number of nitrogens with zero attached hydrogens (tertiary/aromatic N) is 3. The minimum atomic E-state index is -2.90. The molecule has 9 heteroatoms. The van der Waals surface area contributed by atoms with Crippen LogP contribution in [0.25, 0.3) is 11.5 Å². The van der Waals surface area contributed by atoms with Crippen LogP contribution in [0.1, 0.15) is 51.5 Å². The van der Waals surface area contributed by atoms with E-state index in [0.29, 0.717) is 27.8 Å². The van der Waals surface area contributed by atoms with Crippen molar-refractivity contribution in [2.24, 2.45) is 0 Å². The lowest BCUT2D eigenvalue weighted by molar-refractivity contribution is 0.0360. The van der Waals surface area contributed by atoms with E-state index in [1.807, 2.05) is 6.07 Å². The molecular formula is C25H18F3N3O3. The number of fused-ring (bicyclic) bond motifs is 1. The van der Waals surface area contributed by atoms with Crippen LogP contribution in [-0.2, 0) is 6.54 Å². The first-order valence-corrected chi connectivity index (χ1v) is 10.5. The minimum absolute atomic E-state index is 0.122. The summed E-state index contributed by atoms with van der Waals surface area (Å²) in [5.41, 5.74) is 2.52. The Balaban J connectivity index is 1.51. The average Bonchev–Trinajstić information content (AvgIpc) is 3.47. The first-order valence-electron chi connectivity index (χ1n) is 10.5. The van der Waals surface area contributed by atoms with Crippen molar-refractivity contribution in [2.75, 3.05) is 0 Å². The van der Waals surface area contributed by atoms with Crippen LogP contribution in [0.15, 0.2) is 77.2 Å². The standard InChI is InChI=1S/C25H18F3N3O3/c26-18-10-8-14(9-11-18)20(21(32)15-4-2-1-3-5-15)31-13-17-7-6-16(12-19(17)25(31)33)23-29-30-24(34-23)22(27)28/h1-12,20-22,32H,13H2/t20-,21?/m1/s1.